The summed E-state index contributed by atoms with van der Waals surface area (Å²) in [5.74, 6) is 2.09. The van der Waals surface area contributed by atoms with Crippen molar-refractivity contribution in [2.75, 3.05) is 26.8 Å². The van der Waals surface area contributed by atoms with Crippen molar-refractivity contribution in [2.45, 2.75) is 25.7 Å². The highest BCUT2D eigenvalue weighted by atomic mass is 16.5. The van der Waals surface area contributed by atoms with Gasteiger partial charge in [0.1, 0.15) is 17.3 Å². The molecule has 2 aromatic rings. The number of aromatic amines is 1. The highest BCUT2D eigenvalue weighted by molar-refractivity contribution is 5.77. The molecule has 0 radical (unpaired) electrons. The van der Waals surface area contributed by atoms with Crippen LogP contribution in [0.2, 0.25) is 0 Å². The minimum absolute atomic E-state index is 0.000196. The maximum absolute atomic E-state index is 12.4. The number of ether oxygens (including phenoxy) is 2. The third kappa shape index (κ3) is 4.41. The number of nitrogens with one attached hydrogen (secondary N) is 1. The van der Waals surface area contributed by atoms with Crippen molar-refractivity contribution < 1.29 is 14.3 Å². The van der Waals surface area contributed by atoms with Gasteiger partial charge in [0.05, 0.1) is 12.8 Å². The summed E-state index contributed by atoms with van der Waals surface area (Å²) in [6.45, 7) is 3.05. The summed E-state index contributed by atoms with van der Waals surface area (Å²) in [6, 6.07) is 8.75. The summed E-state index contributed by atoms with van der Waals surface area (Å²) in [7, 11) is 1.59. The molecule has 2 heterocycles. The van der Waals surface area contributed by atoms with Crippen molar-refractivity contribution in [3.05, 3.63) is 52.2 Å². The number of carbonyl (C=O) groups excluding carboxylic acids is 1. The van der Waals surface area contributed by atoms with E-state index in [0.29, 0.717) is 30.4 Å². The molecule has 3 rings (SSSR count). The topological polar surface area (TPSA) is 84.5 Å². The largest absolute Gasteiger partial charge is 0.497 e. The fraction of sp³-hybridized carbons (Fsp3) is 0.421. The lowest BCUT2D eigenvalue weighted by atomic mass is 9.93. The Balaban J connectivity index is 1.52. The van der Waals surface area contributed by atoms with Gasteiger partial charge in [0.25, 0.3) is 11.5 Å². The first-order chi connectivity index (χ1) is 12.5. The van der Waals surface area contributed by atoms with Crippen molar-refractivity contribution in [2.24, 2.45) is 0 Å². The van der Waals surface area contributed by atoms with Gasteiger partial charge < -0.3 is 19.4 Å². The van der Waals surface area contributed by atoms with Crippen molar-refractivity contribution in [1.29, 1.82) is 0 Å². The van der Waals surface area contributed by atoms with Gasteiger partial charge in [-0.15, -0.1) is 0 Å². The smallest absolute Gasteiger partial charge is 0.260 e. The number of piperidine rings is 1. The van der Waals surface area contributed by atoms with E-state index in [1.54, 1.807) is 37.1 Å². The van der Waals surface area contributed by atoms with E-state index < -0.39 is 0 Å². The van der Waals surface area contributed by atoms with Crippen molar-refractivity contribution in [1.82, 2.24) is 14.9 Å². The molecule has 0 unspecified atom stereocenters. The Kier molecular flexibility index (Phi) is 5.55. The zero-order valence-corrected chi connectivity index (χ0v) is 15.0. The maximum Gasteiger partial charge on any atom is 0.260 e. The van der Waals surface area contributed by atoms with E-state index in [1.165, 1.54) is 0 Å². The third-order valence-electron chi connectivity index (χ3n) is 4.55. The molecule has 1 amide bonds. The van der Waals surface area contributed by atoms with Gasteiger partial charge in [-0.25, -0.2) is 4.98 Å². The van der Waals surface area contributed by atoms with Crippen LogP contribution in [0.1, 0.15) is 30.3 Å². The molecular weight excluding hydrogens is 334 g/mol. The van der Waals surface area contributed by atoms with Crippen LogP contribution in [0.5, 0.6) is 11.5 Å². The van der Waals surface area contributed by atoms with Crippen LogP contribution in [-0.2, 0) is 4.79 Å². The number of hydrogen-bond acceptors (Lipinski definition) is 5. The van der Waals surface area contributed by atoms with Gasteiger partial charge in [0.2, 0.25) is 0 Å². The standard InChI is InChI=1S/C19H23N3O4/c1-13-20-17(11-18(23)21-13)14-6-8-22(9-7-14)19(24)12-26-16-5-3-4-15(10-16)25-2/h3-5,10-11,14H,6-9,12H2,1-2H3,(H,20,21,23). The zero-order chi connectivity index (χ0) is 18.5. The molecule has 1 aromatic heterocycles. The number of rotatable bonds is 5. The van der Waals surface area contributed by atoms with E-state index in [4.69, 9.17) is 9.47 Å². The van der Waals surface area contributed by atoms with E-state index in [1.807, 2.05) is 12.1 Å². The van der Waals surface area contributed by atoms with Gasteiger partial charge in [-0.1, -0.05) is 6.07 Å². The molecule has 1 aliphatic rings. The van der Waals surface area contributed by atoms with E-state index in [-0.39, 0.29) is 24.0 Å². The quantitative estimate of drug-likeness (QED) is 0.883. The summed E-state index contributed by atoms with van der Waals surface area (Å²) >= 11 is 0. The summed E-state index contributed by atoms with van der Waals surface area (Å²) in [5.41, 5.74) is 0.684. The lowest BCUT2D eigenvalue weighted by Gasteiger charge is -2.31. The van der Waals surface area contributed by atoms with Crippen molar-refractivity contribution in [3.63, 3.8) is 0 Å². The van der Waals surface area contributed by atoms with Crippen LogP contribution < -0.4 is 15.0 Å². The summed E-state index contributed by atoms with van der Waals surface area (Å²) in [4.78, 5) is 32.9. The van der Waals surface area contributed by atoms with E-state index in [2.05, 4.69) is 9.97 Å². The highest BCUT2D eigenvalue weighted by Crippen LogP contribution is 2.26. The molecule has 1 aromatic carbocycles. The van der Waals surface area contributed by atoms with Crippen LogP contribution in [0.4, 0.5) is 0 Å². The van der Waals surface area contributed by atoms with Gasteiger partial charge in [-0.05, 0) is 31.9 Å². The van der Waals surface area contributed by atoms with Gasteiger partial charge in [0.15, 0.2) is 6.61 Å². The number of likely N-dealkylation sites (tertiary alicyclic amines) is 1. The number of H-pyrrole nitrogens is 1. The Morgan fingerprint density at radius 3 is 2.69 bits per heavy atom. The van der Waals surface area contributed by atoms with E-state index >= 15 is 0 Å². The van der Waals surface area contributed by atoms with E-state index in [0.717, 1.165) is 18.5 Å². The lowest BCUT2D eigenvalue weighted by Crippen LogP contribution is -2.40. The van der Waals surface area contributed by atoms with Crippen LogP contribution >= 0.6 is 0 Å². The monoisotopic (exact) mass is 357 g/mol. The predicted molar refractivity (Wildman–Crippen MR) is 96.6 cm³/mol. The van der Waals surface area contributed by atoms with Crippen LogP contribution in [-0.4, -0.2) is 47.6 Å². The van der Waals surface area contributed by atoms with Crippen LogP contribution in [0.15, 0.2) is 35.1 Å². The SMILES string of the molecule is COc1cccc(OCC(=O)N2CCC(c3cc(=O)[nH]c(C)n3)CC2)c1. The fourth-order valence-electron chi connectivity index (χ4n) is 3.16. The molecule has 0 spiro atoms. The Morgan fingerprint density at radius 2 is 2.00 bits per heavy atom. The fourth-order valence-corrected chi connectivity index (χ4v) is 3.16. The molecule has 1 N–H and O–H groups in total. The molecule has 0 saturated carbocycles. The molecule has 1 saturated heterocycles. The number of aryl methyl sites for hydroxylation is 1. The molecular formula is C19H23N3O4. The molecule has 7 heteroatoms. The Bertz CT molecular complexity index is 826. The van der Waals surface area contributed by atoms with E-state index in [9.17, 15) is 9.59 Å². The first-order valence-electron chi connectivity index (χ1n) is 8.67. The maximum atomic E-state index is 12.4. The second kappa shape index (κ2) is 8.03. The average Bonchev–Trinajstić information content (AvgIpc) is 2.65. The normalized spacial score (nSPS) is 14.9. The van der Waals surface area contributed by atoms with Crippen LogP contribution in [0.3, 0.4) is 0 Å². The van der Waals surface area contributed by atoms with Crippen molar-refractivity contribution in [3.8, 4) is 11.5 Å². The first kappa shape index (κ1) is 18.0. The first-order valence-corrected chi connectivity index (χ1v) is 8.67. The van der Waals surface area contributed by atoms with Crippen LogP contribution in [0, 0.1) is 6.92 Å². The second-order valence-corrected chi connectivity index (χ2v) is 6.38. The van der Waals surface area contributed by atoms with Crippen LogP contribution in [0.25, 0.3) is 0 Å². The number of carbonyl (C=O) groups is 1. The summed E-state index contributed by atoms with van der Waals surface area (Å²) in [6.07, 6.45) is 1.58. The molecule has 1 fully saturated rings. The van der Waals surface area contributed by atoms with Gasteiger partial charge in [-0.2, -0.15) is 0 Å². The number of nitrogens with zero attached hydrogens (tertiary/aromatic N) is 2. The predicted octanol–water partition coefficient (Wildman–Crippen LogP) is 1.87. The Labute approximate surface area is 152 Å². The lowest BCUT2D eigenvalue weighted by molar-refractivity contribution is -0.134. The molecule has 0 bridgehead atoms. The van der Waals surface area contributed by atoms with Gasteiger partial charge in [-0.3, -0.25) is 9.59 Å². The zero-order valence-electron chi connectivity index (χ0n) is 15.0. The number of aromatic nitrogens is 2. The Hall–Kier alpha value is -2.83. The molecule has 26 heavy (non-hydrogen) atoms. The van der Waals surface area contributed by atoms with Gasteiger partial charge >= 0.3 is 0 Å². The van der Waals surface area contributed by atoms with Gasteiger partial charge in [0, 0.05) is 31.1 Å². The molecule has 1 aliphatic heterocycles. The summed E-state index contributed by atoms with van der Waals surface area (Å²) < 4.78 is 10.7. The molecule has 7 nitrogen and oxygen atoms in total. The third-order valence-corrected chi connectivity index (χ3v) is 4.55. The average molecular weight is 357 g/mol. The second-order valence-electron chi connectivity index (χ2n) is 6.38. The number of amides is 1. The Morgan fingerprint density at radius 1 is 1.27 bits per heavy atom. The molecule has 138 valence electrons. The molecule has 0 atom stereocenters. The summed E-state index contributed by atoms with van der Waals surface area (Å²) in [5, 5.41) is 0. The number of methoxy groups -OCH3 is 1. The highest BCUT2D eigenvalue weighted by Gasteiger charge is 2.25. The number of hydrogen-bond donors (Lipinski definition) is 1. The number of benzene rings is 1. The minimum atomic E-state index is -0.127. The minimum Gasteiger partial charge on any atom is -0.497 e. The molecule has 0 aliphatic carbocycles. The van der Waals surface area contributed by atoms with Crippen molar-refractivity contribution >= 4 is 5.91 Å².